The van der Waals surface area contributed by atoms with Crippen molar-refractivity contribution in [1.29, 1.82) is 0 Å². The smallest absolute Gasteiger partial charge is 0.265 e. The summed E-state index contributed by atoms with van der Waals surface area (Å²) in [4.78, 5) is 26.5. The molecule has 1 amide bonds. The standard InChI is InChI=1S/C32H41N4O7S.ClH/c1-20-24(30(32(40)41)34-29(20)27(21(2)38)31(34)39)19-33-25-8-7-22(23-5-3-6-26(28(23)25)44(33,42)43)9-11-36-15-12-35(13-16-36,14-17-36)10-4-18-37;/h3,5-8,20-21,27,29,37-38H,4,9-19H2,1-2H3;1H/q+1;/p-1/t20-,21+,27+,29+,35?,36?;/m0./s1. The van der Waals surface area contributed by atoms with Crippen LogP contribution in [0.1, 0.15) is 25.8 Å². The molecule has 2 aromatic rings. The molecule has 4 fully saturated rings. The molecular formula is C32H41ClN4O7S. The zero-order valence-electron chi connectivity index (χ0n) is 25.7. The average molecular weight is 661 g/mol. The van der Waals surface area contributed by atoms with E-state index in [1.54, 1.807) is 19.1 Å². The minimum Gasteiger partial charge on any atom is -1.00 e. The number of hydrogen-bond donors (Lipinski definition) is 2. The molecule has 2 bridgehead atoms. The molecular weight excluding hydrogens is 620 g/mol. The molecule has 2 aromatic carbocycles. The van der Waals surface area contributed by atoms with Gasteiger partial charge in [0.1, 0.15) is 39.3 Å². The van der Waals surface area contributed by atoms with Crippen LogP contribution in [0.2, 0.25) is 0 Å². The Hall–Kier alpha value is -2.74. The summed E-state index contributed by atoms with van der Waals surface area (Å²) in [5.41, 5.74) is 1.66. The first kappa shape index (κ1) is 32.2. The number of halogens is 1. The number of anilines is 1. The largest absolute Gasteiger partial charge is 1.00 e. The number of aliphatic carboxylic acids is 1. The van der Waals surface area contributed by atoms with Crippen LogP contribution in [-0.4, -0.2) is 122 Å². The predicted molar refractivity (Wildman–Crippen MR) is 160 cm³/mol. The Morgan fingerprint density at radius 3 is 2.31 bits per heavy atom. The fourth-order valence-electron chi connectivity index (χ4n) is 8.85. The topological polar surface area (TPSA) is 138 Å². The van der Waals surface area contributed by atoms with E-state index >= 15 is 0 Å². The van der Waals surface area contributed by atoms with Gasteiger partial charge in [-0.25, -0.2) is 8.42 Å². The van der Waals surface area contributed by atoms with Gasteiger partial charge in [0.15, 0.2) is 0 Å². The molecule has 4 saturated heterocycles. The summed E-state index contributed by atoms with van der Waals surface area (Å²) in [6.45, 7) is 12.2. The summed E-state index contributed by atoms with van der Waals surface area (Å²) in [7, 11) is -3.98. The van der Waals surface area contributed by atoms with Crippen molar-refractivity contribution in [3.8, 4) is 0 Å². The number of piperazine rings is 3. The molecule has 45 heavy (non-hydrogen) atoms. The van der Waals surface area contributed by atoms with Gasteiger partial charge in [0.25, 0.3) is 10.0 Å². The lowest BCUT2D eigenvalue weighted by atomic mass is 9.78. The SMILES string of the molecule is C[C@@H](O)[C@H]1C(=O)N2C(C(=O)[O-])=C(CN3c4ccc(CC[N+]56CC[N+](CCCO)(CC5)CC6)c5cccc(c45)S3(=O)=O)[C@H](C)[C@H]12.[Cl-]. The van der Waals surface area contributed by atoms with Crippen LogP contribution in [-0.2, 0) is 26.0 Å². The van der Waals surface area contributed by atoms with Crippen LogP contribution in [0.5, 0.6) is 0 Å². The Bertz CT molecular complexity index is 1690. The molecule has 13 heteroatoms. The summed E-state index contributed by atoms with van der Waals surface area (Å²) in [5.74, 6) is -3.20. The van der Waals surface area contributed by atoms with E-state index in [0.29, 0.717) is 16.6 Å². The highest BCUT2D eigenvalue weighted by molar-refractivity contribution is 7.93. The number of aliphatic hydroxyl groups is 2. The minimum absolute atomic E-state index is 0. The molecule has 6 heterocycles. The molecule has 244 valence electrons. The van der Waals surface area contributed by atoms with E-state index in [1.807, 2.05) is 18.2 Å². The van der Waals surface area contributed by atoms with Gasteiger partial charge in [0.2, 0.25) is 5.91 Å². The van der Waals surface area contributed by atoms with Gasteiger partial charge in [0.05, 0.1) is 59.9 Å². The first-order valence-corrected chi connectivity index (χ1v) is 17.2. The Morgan fingerprint density at radius 2 is 1.71 bits per heavy atom. The van der Waals surface area contributed by atoms with Crippen LogP contribution >= 0.6 is 0 Å². The molecule has 0 aromatic heterocycles. The quantitative estimate of drug-likeness (QED) is 0.202. The molecule has 6 aliphatic rings. The fourth-order valence-corrected chi connectivity index (χ4v) is 10.5. The number of nitrogens with zero attached hydrogens (tertiary/aromatic N) is 4. The molecule has 0 unspecified atom stereocenters. The first-order valence-electron chi connectivity index (χ1n) is 15.8. The van der Waals surface area contributed by atoms with E-state index in [2.05, 4.69) is 0 Å². The normalized spacial score (nSPS) is 31.6. The summed E-state index contributed by atoms with van der Waals surface area (Å²) in [6, 6.07) is 8.66. The van der Waals surface area contributed by atoms with Gasteiger partial charge >= 0.3 is 0 Å². The molecule has 4 atom stereocenters. The van der Waals surface area contributed by atoms with E-state index in [0.717, 1.165) is 85.1 Å². The molecule has 11 nitrogen and oxygen atoms in total. The molecule has 0 aliphatic carbocycles. The zero-order chi connectivity index (χ0) is 31.2. The Labute approximate surface area is 270 Å². The maximum absolute atomic E-state index is 14.0. The number of fused-ring (bicyclic) bond motifs is 4. The number of aliphatic hydroxyl groups excluding tert-OH is 2. The van der Waals surface area contributed by atoms with Crippen molar-refractivity contribution in [3.63, 3.8) is 0 Å². The molecule has 0 spiro atoms. The van der Waals surface area contributed by atoms with Crippen molar-refractivity contribution in [2.75, 3.05) is 69.8 Å². The third-order valence-electron chi connectivity index (χ3n) is 11.5. The fraction of sp³-hybridized carbons (Fsp3) is 0.562. The summed E-state index contributed by atoms with van der Waals surface area (Å²) in [6.07, 6.45) is 0.728. The van der Waals surface area contributed by atoms with Crippen LogP contribution < -0.4 is 21.8 Å². The number of rotatable bonds is 10. The summed E-state index contributed by atoms with van der Waals surface area (Å²) in [5, 5.41) is 33.3. The number of β-lactam (4-membered cyclic amide) rings is 1. The van der Waals surface area contributed by atoms with Crippen LogP contribution in [0.25, 0.3) is 10.8 Å². The second-order valence-corrected chi connectivity index (χ2v) is 15.5. The van der Waals surface area contributed by atoms with E-state index < -0.39 is 45.9 Å². The lowest BCUT2D eigenvalue weighted by molar-refractivity contribution is -1.08. The van der Waals surface area contributed by atoms with E-state index in [-0.39, 0.29) is 36.2 Å². The van der Waals surface area contributed by atoms with Crippen molar-refractivity contribution in [2.45, 2.75) is 43.7 Å². The number of quaternary nitrogens is 2. The van der Waals surface area contributed by atoms with Crippen LogP contribution in [0.3, 0.4) is 0 Å². The number of carbonyl (C=O) groups is 2. The second-order valence-electron chi connectivity index (χ2n) is 13.6. The van der Waals surface area contributed by atoms with Crippen molar-refractivity contribution < 1.29 is 54.7 Å². The first-order chi connectivity index (χ1) is 20.9. The highest BCUT2D eigenvalue weighted by atomic mass is 35.5. The minimum atomic E-state index is -3.98. The van der Waals surface area contributed by atoms with Crippen LogP contribution in [0, 0.1) is 11.8 Å². The van der Waals surface area contributed by atoms with Gasteiger partial charge in [-0.3, -0.25) is 9.10 Å². The van der Waals surface area contributed by atoms with Gasteiger partial charge in [-0.05, 0) is 35.6 Å². The van der Waals surface area contributed by atoms with Crippen molar-refractivity contribution in [2.24, 2.45) is 11.8 Å². The number of benzene rings is 2. The van der Waals surface area contributed by atoms with Gasteiger partial charge in [0, 0.05) is 30.8 Å². The highest BCUT2D eigenvalue weighted by Gasteiger charge is 2.59. The number of carboxylic acid groups (broad SMARTS) is 1. The summed E-state index contributed by atoms with van der Waals surface area (Å²) >= 11 is 0. The van der Waals surface area contributed by atoms with E-state index in [9.17, 15) is 33.3 Å². The lowest BCUT2D eigenvalue weighted by Gasteiger charge is -2.55. The molecule has 0 saturated carbocycles. The second kappa shape index (κ2) is 11.2. The highest BCUT2D eigenvalue weighted by Crippen LogP contribution is 2.50. The van der Waals surface area contributed by atoms with Crippen LogP contribution in [0.15, 0.2) is 46.5 Å². The molecule has 0 radical (unpaired) electrons. The third-order valence-corrected chi connectivity index (χ3v) is 13.3. The summed E-state index contributed by atoms with van der Waals surface area (Å²) < 4.78 is 31.4. The lowest BCUT2D eigenvalue weighted by Crippen LogP contribution is -3.00. The van der Waals surface area contributed by atoms with Crippen molar-refractivity contribution >= 4 is 38.4 Å². The molecule has 6 aliphatic heterocycles. The molecule has 8 rings (SSSR count). The van der Waals surface area contributed by atoms with Gasteiger partial charge < -0.3 is 46.4 Å². The number of carbonyl (C=O) groups excluding carboxylic acids is 2. The Balaban J connectivity index is 0.00000357. The monoisotopic (exact) mass is 660 g/mol. The molecule has 2 N–H and O–H groups in total. The van der Waals surface area contributed by atoms with Gasteiger partial charge in [-0.2, -0.15) is 0 Å². The number of carboxylic acids is 1. The number of hydrogen-bond acceptors (Lipinski definition) is 7. The Morgan fingerprint density at radius 1 is 1.07 bits per heavy atom. The van der Waals surface area contributed by atoms with Crippen molar-refractivity contribution in [1.82, 2.24) is 4.90 Å². The van der Waals surface area contributed by atoms with E-state index in [1.165, 1.54) is 16.1 Å². The third kappa shape index (κ3) is 4.71. The van der Waals surface area contributed by atoms with Gasteiger partial charge in [-0.1, -0.05) is 25.1 Å². The van der Waals surface area contributed by atoms with E-state index in [4.69, 9.17) is 0 Å². The maximum atomic E-state index is 14.0. The van der Waals surface area contributed by atoms with Crippen LogP contribution in [0.4, 0.5) is 5.69 Å². The predicted octanol–water partition coefficient (Wildman–Crippen LogP) is -3.20. The van der Waals surface area contributed by atoms with Crippen molar-refractivity contribution in [3.05, 3.63) is 47.2 Å². The number of amides is 1. The zero-order valence-corrected chi connectivity index (χ0v) is 27.3. The van der Waals surface area contributed by atoms with Gasteiger partial charge in [-0.15, -0.1) is 0 Å². The Kier molecular flexibility index (Phi) is 8.02. The average Bonchev–Trinajstić information content (AvgIpc) is 3.38. The number of sulfonamides is 1. The maximum Gasteiger partial charge on any atom is 0.265 e.